The summed E-state index contributed by atoms with van der Waals surface area (Å²) < 4.78 is 0. The minimum absolute atomic E-state index is 1.05. The molecule has 2 atom stereocenters. The van der Waals surface area contributed by atoms with Gasteiger partial charge in [0.2, 0.25) is 0 Å². The van der Waals surface area contributed by atoms with Crippen LogP contribution in [-0.4, -0.2) is 23.5 Å². The van der Waals surface area contributed by atoms with Gasteiger partial charge in [-0.2, -0.15) is 0 Å². The minimum atomic E-state index is 1.05. The average Bonchev–Trinajstić information content (AvgIpc) is 2.67. The first-order valence-corrected chi connectivity index (χ1v) is 4.21. The first-order chi connectivity index (χ1) is 4.45. The lowest BCUT2D eigenvalue weighted by atomic mass is 10.3. The second-order valence-electron chi connectivity index (χ2n) is 3.83. The summed E-state index contributed by atoms with van der Waals surface area (Å²) in [6, 6.07) is 2.12. The van der Waals surface area contributed by atoms with E-state index in [4.69, 9.17) is 0 Å². The Balaban J connectivity index is 1.61. The Morgan fingerprint density at radius 1 is 1.00 bits per heavy atom. The summed E-state index contributed by atoms with van der Waals surface area (Å²) in [4.78, 5) is 2.71. The lowest BCUT2D eigenvalue weighted by Crippen LogP contribution is -2.04. The third-order valence-corrected chi connectivity index (χ3v) is 2.87. The highest BCUT2D eigenvalue weighted by molar-refractivity contribution is 5.06. The highest BCUT2D eigenvalue weighted by Gasteiger charge is 2.51. The van der Waals surface area contributed by atoms with Crippen LogP contribution in [0.25, 0.3) is 0 Å². The lowest BCUT2D eigenvalue weighted by Gasteiger charge is -1.95. The van der Waals surface area contributed by atoms with Crippen LogP contribution in [0.5, 0.6) is 0 Å². The van der Waals surface area contributed by atoms with Crippen LogP contribution in [0.3, 0.4) is 0 Å². The Bertz CT molecular complexity index is 120. The average molecular weight is 123 g/mol. The molecule has 3 rings (SSSR count). The molecule has 50 valence electrons. The molecule has 1 heteroatoms. The standard InChI is InChI=1S/C8H13N/c1-2-6(1)8-5-9(8)7-3-4-7/h6-8H,1-5H2. The molecule has 9 heavy (non-hydrogen) atoms. The van der Waals surface area contributed by atoms with Crippen LogP contribution in [0.2, 0.25) is 0 Å². The van der Waals surface area contributed by atoms with E-state index in [9.17, 15) is 0 Å². The topological polar surface area (TPSA) is 3.01 Å². The van der Waals surface area contributed by atoms with E-state index >= 15 is 0 Å². The molecule has 1 saturated heterocycles. The third-order valence-electron chi connectivity index (χ3n) is 2.87. The van der Waals surface area contributed by atoms with Crippen molar-refractivity contribution in [2.45, 2.75) is 37.8 Å². The fourth-order valence-electron chi connectivity index (χ4n) is 1.90. The molecular formula is C8H13N. The van der Waals surface area contributed by atoms with Crippen molar-refractivity contribution >= 4 is 0 Å². The normalized spacial score (nSPS) is 49.3. The van der Waals surface area contributed by atoms with E-state index < -0.39 is 0 Å². The highest BCUT2D eigenvalue weighted by atomic mass is 15.4. The molecule has 0 bridgehead atoms. The van der Waals surface area contributed by atoms with Gasteiger partial charge in [-0.15, -0.1) is 0 Å². The van der Waals surface area contributed by atoms with Crippen molar-refractivity contribution in [1.82, 2.24) is 4.90 Å². The molecule has 2 aliphatic carbocycles. The fourth-order valence-corrected chi connectivity index (χ4v) is 1.90. The van der Waals surface area contributed by atoms with Gasteiger partial charge in [0, 0.05) is 18.6 Å². The molecule has 1 aliphatic heterocycles. The van der Waals surface area contributed by atoms with Crippen LogP contribution in [0.1, 0.15) is 25.7 Å². The Morgan fingerprint density at radius 3 is 2.33 bits per heavy atom. The maximum atomic E-state index is 2.71. The Kier molecular flexibility index (Phi) is 0.704. The number of rotatable bonds is 2. The van der Waals surface area contributed by atoms with Crippen LogP contribution < -0.4 is 0 Å². The maximum Gasteiger partial charge on any atom is 0.0255 e. The first-order valence-electron chi connectivity index (χ1n) is 4.21. The van der Waals surface area contributed by atoms with Gasteiger partial charge in [-0.1, -0.05) is 0 Å². The lowest BCUT2D eigenvalue weighted by molar-refractivity contribution is 0.475. The van der Waals surface area contributed by atoms with Crippen LogP contribution in [0, 0.1) is 5.92 Å². The quantitative estimate of drug-likeness (QED) is 0.499. The molecule has 2 unspecified atom stereocenters. The van der Waals surface area contributed by atoms with Crippen LogP contribution in [0.4, 0.5) is 0 Å². The predicted octanol–water partition coefficient (Wildman–Crippen LogP) is 1.24. The zero-order valence-corrected chi connectivity index (χ0v) is 5.71. The van der Waals surface area contributed by atoms with Crippen molar-refractivity contribution < 1.29 is 0 Å². The van der Waals surface area contributed by atoms with E-state index in [-0.39, 0.29) is 0 Å². The molecular weight excluding hydrogens is 110 g/mol. The molecule has 1 nitrogen and oxygen atoms in total. The van der Waals surface area contributed by atoms with Gasteiger partial charge in [-0.25, -0.2) is 0 Å². The Hall–Kier alpha value is -0.0400. The summed E-state index contributed by atoms with van der Waals surface area (Å²) in [5.41, 5.74) is 0. The number of nitrogens with zero attached hydrogens (tertiary/aromatic N) is 1. The van der Waals surface area contributed by atoms with Gasteiger partial charge in [0.15, 0.2) is 0 Å². The van der Waals surface area contributed by atoms with Gasteiger partial charge in [0.25, 0.3) is 0 Å². The Labute approximate surface area is 56.0 Å². The van der Waals surface area contributed by atoms with Crippen molar-refractivity contribution in [2.75, 3.05) is 6.54 Å². The molecule has 0 spiro atoms. The molecule has 1 heterocycles. The van der Waals surface area contributed by atoms with Gasteiger partial charge in [0.1, 0.15) is 0 Å². The molecule has 0 N–H and O–H groups in total. The zero-order valence-electron chi connectivity index (χ0n) is 5.71. The molecule has 3 aliphatic rings. The summed E-state index contributed by atoms with van der Waals surface area (Å²) in [6.45, 7) is 1.45. The van der Waals surface area contributed by atoms with Crippen LogP contribution in [-0.2, 0) is 0 Å². The molecule has 2 saturated carbocycles. The van der Waals surface area contributed by atoms with Gasteiger partial charge in [-0.3, -0.25) is 4.90 Å². The van der Waals surface area contributed by atoms with E-state index in [0.717, 1.165) is 18.0 Å². The largest absolute Gasteiger partial charge is 0.294 e. The highest BCUT2D eigenvalue weighted by Crippen LogP contribution is 2.47. The smallest absolute Gasteiger partial charge is 0.0255 e. The molecule has 3 fully saturated rings. The van der Waals surface area contributed by atoms with Gasteiger partial charge < -0.3 is 0 Å². The number of hydrogen-bond acceptors (Lipinski definition) is 1. The molecule has 0 aromatic rings. The van der Waals surface area contributed by atoms with Crippen molar-refractivity contribution in [3.63, 3.8) is 0 Å². The Morgan fingerprint density at radius 2 is 1.78 bits per heavy atom. The van der Waals surface area contributed by atoms with Crippen molar-refractivity contribution in [2.24, 2.45) is 5.92 Å². The summed E-state index contributed by atoms with van der Waals surface area (Å²) in [6.07, 6.45) is 6.08. The monoisotopic (exact) mass is 123 g/mol. The summed E-state index contributed by atoms with van der Waals surface area (Å²) in [7, 11) is 0. The minimum Gasteiger partial charge on any atom is -0.294 e. The molecule has 0 aromatic carbocycles. The van der Waals surface area contributed by atoms with Crippen molar-refractivity contribution in [3.05, 3.63) is 0 Å². The van der Waals surface area contributed by atoms with Crippen molar-refractivity contribution in [3.8, 4) is 0 Å². The summed E-state index contributed by atoms with van der Waals surface area (Å²) in [5.74, 6) is 1.14. The molecule has 0 amide bonds. The van der Waals surface area contributed by atoms with Gasteiger partial charge >= 0.3 is 0 Å². The van der Waals surface area contributed by atoms with E-state index in [1.54, 1.807) is 0 Å². The predicted molar refractivity (Wildman–Crippen MR) is 36.2 cm³/mol. The summed E-state index contributed by atoms with van der Waals surface area (Å²) >= 11 is 0. The van der Waals surface area contributed by atoms with Crippen LogP contribution in [0.15, 0.2) is 0 Å². The van der Waals surface area contributed by atoms with E-state index in [0.29, 0.717) is 0 Å². The van der Waals surface area contributed by atoms with E-state index in [2.05, 4.69) is 4.90 Å². The second-order valence-corrected chi connectivity index (χ2v) is 3.83. The number of hydrogen-bond donors (Lipinski definition) is 0. The third kappa shape index (κ3) is 0.710. The van der Waals surface area contributed by atoms with Gasteiger partial charge in [0.05, 0.1) is 0 Å². The second kappa shape index (κ2) is 1.34. The fraction of sp³-hybridized carbons (Fsp3) is 1.00. The SMILES string of the molecule is C1CC1C1CN1C1CC1. The van der Waals surface area contributed by atoms with E-state index in [1.807, 2.05) is 0 Å². The van der Waals surface area contributed by atoms with E-state index in [1.165, 1.54) is 32.2 Å². The summed E-state index contributed by atoms with van der Waals surface area (Å²) in [5, 5.41) is 0. The maximum absolute atomic E-state index is 2.71. The van der Waals surface area contributed by atoms with Crippen molar-refractivity contribution in [1.29, 1.82) is 0 Å². The zero-order chi connectivity index (χ0) is 5.84. The van der Waals surface area contributed by atoms with Crippen LogP contribution >= 0.6 is 0 Å². The first kappa shape index (κ1) is 4.73. The molecule has 0 aromatic heterocycles. The van der Waals surface area contributed by atoms with Gasteiger partial charge in [-0.05, 0) is 31.6 Å². The molecule has 0 radical (unpaired) electrons.